The van der Waals surface area contributed by atoms with Crippen LogP contribution in [-0.2, 0) is 17.9 Å². The van der Waals surface area contributed by atoms with E-state index < -0.39 is 17.5 Å². The fraction of sp³-hybridized carbons (Fsp3) is 0.286. The zero-order valence-electron chi connectivity index (χ0n) is 17.5. The molecule has 162 valence electrons. The van der Waals surface area contributed by atoms with Crippen LogP contribution in [0.5, 0.6) is 0 Å². The summed E-state index contributed by atoms with van der Waals surface area (Å²) in [6.07, 6.45) is 0.976. The number of ether oxygens (including phenoxy) is 1. The van der Waals surface area contributed by atoms with Crippen LogP contribution in [0.2, 0.25) is 0 Å². The first kappa shape index (κ1) is 21.8. The van der Waals surface area contributed by atoms with Crippen LogP contribution in [0, 0.1) is 0 Å². The molecule has 0 atom stereocenters. The van der Waals surface area contributed by atoms with Crippen molar-refractivity contribution in [3.05, 3.63) is 59.7 Å². The Kier molecular flexibility index (Phi) is 6.49. The zero-order chi connectivity index (χ0) is 22.4. The first-order valence-electron chi connectivity index (χ1n) is 9.56. The van der Waals surface area contributed by atoms with E-state index in [1.165, 1.54) is 12.3 Å². The number of aromatic nitrogens is 3. The van der Waals surface area contributed by atoms with Crippen molar-refractivity contribution in [1.29, 1.82) is 0 Å². The molecule has 3 aromatic rings. The second-order valence-electron chi connectivity index (χ2n) is 7.73. The number of carbonyl (C=O) groups excluding carboxylic acids is 2. The number of nitrogens with zero attached hydrogens (tertiary/aromatic N) is 3. The Hall–Kier alpha value is -3.95. The highest BCUT2D eigenvalue weighted by atomic mass is 16.5. The van der Waals surface area contributed by atoms with Crippen molar-refractivity contribution < 1.29 is 18.7 Å². The molecule has 4 N–H and O–H groups in total. The van der Waals surface area contributed by atoms with Crippen molar-refractivity contribution >= 4 is 17.9 Å². The summed E-state index contributed by atoms with van der Waals surface area (Å²) in [6, 6.07) is 10.2. The zero-order valence-corrected chi connectivity index (χ0v) is 17.5. The first-order valence-corrected chi connectivity index (χ1v) is 9.56. The Bertz CT molecular complexity index is 1060. The topological polar surface area (TPSA) is 145 Å². The number of hydrogen-bond donors (Lipinski definition) is 3. The lowest BCUT2D eigenvalue weighted by Crippen LogP contribution is -2.40. The van der Waals surface area contributed by atoms with E-state index in [0.29, 0.717) is 22.8 Å². The molecule has 3 heterocycles. The quantitative estimate of drug-likeness (QED) is 0.547. The molecule has 0 aliphatic carbocycles. The highest BCUT2D eigenvalue weighted by Gasteiger charge is 2.15. The molecule has 0 radical (unpaired) electrons. The van der Waals surface area contributed by atoms with Gasteiger partial charge in [-0.1, -0.05) is 6.07 Å². The normalized spacial score (nSPS) is 11.1. The lowest BCUT2D eigenvalue weighted by Gasteiger charge is -2.19. The SMILES string of the molecule is CC(C)(C)NC(=O)OCc1cccc(CNC(=O)c2cc(-c3ccco3)nc(N)n2)n1. The highest BCUT2D eigenvalue weighted by Crippen LogP contribution is 2.19. The number of amides is 2. The maximum Gasteiger partial charge on any atom is 0.407 e. The minimum atomic E-state index is -0.526. The van der Waals surface area contributed by atoms with Gasteiger partial charge in [0, 0.05) is 5.54 Å². The second-order valence-corrected chi connectivity index (χ2v) is 7.73. The largest absolute Gasteiger partial charge is 0.463 e. The van der Waals surface area contributed by atoms with Gasteiger partial charge in [0.25, 0.3) is 5.91 Å². The van der Waals surface area contributed by atoms with Gasteiger partial charge in [0.1, 0.15) is 18.0 Å². The number of rotatable bonds is 6. The predicted molar refractivity (Wildman–Crippen MR) is 113 cm³/mol. The number of furan rings is 1. The van der Waals surface area contributed by atoms with Crippen molar-refractivity contribution in [3.63, 3.8) is 0 Å². The van der Waals surface area contributed by atoms with Crippen LogP contribution >= 0.6 is 0 Å². The Morgan fingerprint density at radius 1 is 1.10 bits per heavy atom. The number of nitrogens with one attached hydrogen (secondary N) is 2. The number of carbonyl (C=O) groups is 2. The predicted octanol–water partition coefficient (Wildman–Crippen LogP) is 2.67. The Balaban J connectivity index is 1.60. The Morgan fingerprint density at radius 2 is 1.87 bits per heavy atom. The molecule has 10 nitrogen and oxygen atoms in total. The molecule has 31 heavy (non-hydrogen) atoms. The summed E-state index contributed by atoms with van der Waals surface area (Å²) in [5, 5.41) is 5.45. The molecule has 3 aromatic heterocycles. The molecule has 0 spiro atoms. The summed E-state index contributed by atoms with van der Waals surface area (Å²) in [5.41, 5.74) is 7.01. The lowest BCUT2D eigenvalue weighted by atomic mass is 10.1. The van der Waals surface area contributed by atoms with E-state index in [1.54, 1.807) is 30.3 Å². The van der Waals surface area contributed by atoms with Gasteiger partial charge in [-0.25, -0.2) is 14.8 Å². The number of alkyl carbamates (subject to hydrolysis) is 1. The minimum Gasteiger partial charge on any atom is -0.463 e. The maximum absolute atomic E-state index is 12.5. The van der Waals surface area contributed by atoms with E-state index in [2.05, 4.69) is 25.6 Å². The summed E-state index contributed by atoms with van der Waals surface area (Å²) >= 11 is 0. The molecular formula is C21H24N6O4. The fourth-order valence-corrected chi connectivity index (χ4v) is 2.58. The van der Waals surface area contributed by atoms with E-state index in [1.807, 2.05) is 20.8 Å². The second kappa shape index (κ2) is 9.24. The summed E-state index contributed by atoms with van der Waals surface area (Å²) in [4.78, 5) is 36.8. The van der Waals surface area contributed by atoms with Gasteiger partial charge in [-0.2, -0.15) is 0 Å². The summed E-state index contributed by atoms with van der Waals surface area (Å²) in [7, 11) is 0. The molecule has 2 amide bonds. The molecule has 3 rings (SSSR count). The summed E-state index contributed by atoms with van der Waals surface area (Å²) in [5.74, 6) is 0.00721. The van der Waals surface area contributed by atoms with Gasteiger partial charge in [0.05, 0.1) is 24.2 Å². The maximum atomic E-state index is 12.5. The number of nitrogens with two attached hydrogens (primary N) is 1. The van der Waals surface area contributed by atoms with Crippen LogP contribution < -0.4 is 16.4 Å². The Morgan fingerprint density at radius 3 is 2.58 bits per heavy atom. The molecular weight excluding hydrogens is 400 g/mol. The molecule has 0 bridgehead atoms. The molecule has 0 aliphatic rings. The smallest absolute Gasteiger partial charge is 0.407 e. The number of pyridine rings is 1. The molecule has 0 aromatic carbocycles. The lowest BCUT2D eigenvalue weighted by molar-refractivity contribution is 0.0945. The van der Waals surface area contributed by atoms with Crippen LogP contribution in [0.4, 0.5) is 10.7 Å². The van der Waals surface area contributed by atoms with Crippen molar-refractivity contribution in [1.82, 2.24) is 25.6 Å². The third kappa shape index (κ3) is 6.53. The molecule has 0 fully saturated rings. The van der Waals surface area contributed by atoms with E-state index in [-0.39, 0.29) is 24.8 Å². The van der Waals surface area contributed by atoms with Crippen LogP contribution in [0.3, 0.4) is 0 Å². The summed E-state index contributed by atoms with van der Waals surface area (Å²) in [6.45, 7) is 5.75. The van der Waals surface area contributed by atoms with Crippen molar-refractivity contribution in [2.45, 2.75) is 39.5 Å². The average molecular weight is 424 g/mol. The first-order chi connectivity index (χ1) is 14.7. The molecule has 0 unspecified atom stereocenters. The number of nitrogen functional groups attached to an aromatic ring is 1. The molecule has 0 aliphatic heterocycles. The van der Waals surface area contributed by atoms with Crippen molar-refractivity contribution in [2.75, 3.05) is 5.73 Å². The van der Waals surface area contributed by atoms with Gasteiger partial charge in [0.15, 0.2) is 5.76 Å². The van der Waals surface area contributed by atoms with E-state index >= 15 is 0 Å². The van der Waals surface area contributed by atoms with E-state index in [4.69, 9.17) is 14.9 Å². The van der Waals surface area contributed by atoms with Crippen LogP contribution in [0.1, 0.15) is 42.6 Å². The number of anilines is 1. The molecule has 0 saturated heterocycles. The van der Waals surface area contributed by atoms with Gasteiger partial charge < -0.3 is 25.5 Å². The fourth-order valence-electron chi connectivity index (χ4n) is 2.58. The van der Waals surface area contributed by atoms with Gasteiger partial charge in [-0.15, -0.1) is 0 Å². The highest BCUT2D eigenvalue weighted by molar-refractivity contribution is 5.93. The van der Waals surface area contributed by atoms with Gasteiger partial charge >= 0.3 is 6.09 Å². The van der Waals surface area contributed by atoms with Crippen LogP contribution in [0.15, 0.2) is 47.1 Å². The van der Waals surface area contributed by atoms with Gasteiger partial charge in [-0.05, 0) is 51.1 Å². The van der Waals surface area contributed by atoms with Gasteiger partial charge in [0.2, 0.25) is 5.95 Å². The average Bonchev–Trinajstić information content (AvgIpc) is 3.24. The molecule has 0 saturated carbocycles. The van der Waals surface area contributed by atoms with E-state index in [0.717, 1.165) is 0 Å². The van der Waals surface area contributed by atoms with Crippen LogP contribution in [-0.4, -0.2) is 32.5 Å². The Labute approximate surface area is 179 Å². The minimum absolute atomic E-state index is 0.0126. The summed E-state index contributed by atoms with van der Waals surface area (Å²) < 4.78 is 10.5. The monoisotopic (exact) mass is 424 g/mol. The number of hydrogen-bond acceptors (Lipinski definition) is 8. The van der Waals surface area contributed by atoms with Crippen LogP contribution in [0.25, 0.3) is 11.5 Å². The third-order valence-electron chi connectivity index (χ3n) is 3.87. The van der Waals surface area contributed by atoms with Gasteiger partial charge in [-0.3, -0.25) is 9.78 Å². The van der Waals surface area contributed by atoms with Crippen molar-refractivity contribution in [2.24, 2.45) is 0 Å². The third-order valence-corrected chi connectivity index (χ3v) is 3.87. The van der Waals surface area contributed by atoms with E-state index in [9.17, 15) is 9.59 Å². The molecule has 10 heteroatoms. The standard InChI is InChI=1S/C21H24N6O4/c1-21(2,3)27-20(29)31-12-14-7-4-6-13(24-14)11-23-18(28)16-10-15(25-19(22)26-16)17-8-5-9-30-17/h4-10H,11-12H2,1-3H3,(H,23,28)(H,27,29)(H2,22,25,26). The van der Waals surface area contributed by atoms with Crippen molar-refractivity contribution in [3.8, 4) is 11.5 Å².